The molecule has 2 amide bonds. The first-order chi connectivity index (χ1) is 8.13. The number of hydrogen-bond donors (Lipinski definition) is 2. The minimum Gasteiger partial charge on any atom is -0.338 e. The van der Waals surface area contributed by atoms with Gasteiger partial charge in [0.2, 0.25) is 0 Å². The van der Waals surface area contributed by atoms with Gasteiger partial charge in [-0.15, -0.1) is 12.3 Å². The minimum absolute atomic E-state index is 0.0687. The van der Waals surface area contributed by atoms with Crippen LogP contribution in [0.25, 0.3) is 0 Å². The SMILES string of the molecule is C#CCCCNC(=O)Nc1ccc(F)cc1F. The fourth-order valence-corrected chi connectivity index (χ4v) is 1.15. The van der Waals surface area contributed by atoms with Gasteiger partial charge in [0, 0.05) is 19.0 Å². The highest BCUT2D eigenvalue weighted by molar-refractivity contribution is 5.89. The Balaban J connectivity index is 2.43. The van der Waals surface area contributed by atoms with Crippen LogP contribution in [-0.4, -0.2) is 12.6 Å². The molecule has 1 rings (SSSR count). The van der Waals surface area contributed by atoms with Gasteiger partial charge < -0.3 is 10.6 Å². The van der Waals surface area contributed by atoms with Gasteiger partial charge in [-0.25, -0.2) is 13.6 Å². The third-order valence-electron chi connectivity index (χ3n) is 1.96. The van der Waals surface area contributed by atoms with Gasteiger partial charge in [0.15, 0.2) is 0 Å². The number of hydrogen-bond acceptors (Lipinski definition) is 1. The molecule has 0 heterocycles. The molecule has 1 aromatic carbocycles. The highest BCUT2D eigenvalue weighted by Crippen LogP contribution is 2.14. The summed E-state index contributed by atoms with van der Waals surface area (Å²) < 4.78 is 25.7. The van der Waals surface area contributed by atoms with E-state index in [1.54, 1.807) is 0 Å². The minimum atomic E-state index is -0.816. The van der Waals surface area contributed by atoms with Crippen LogP contribution in [0.5, 0.6) is 0 Å². The maximum atomic E-state index is 13.1. The Kier molecular flexibility index (Phi) is 4.95. The maximum absolute atomic E-state index is 13.1. The van der Waals surface area contributed by atoms with Crippen molar-refractivity contribution in [3.05, 3.63) is 29.8 Å². The largest absolute Gasteiger partial charge is 0.338 e. The zero-order valence-electron chi connectivity index (χ0n) is 9.09. The third kappa shape index (κ3) is 4.51. The molecule has 0 saturated heterocycles. The average molecular weight is 238 g/mol. The van der Waals surface area contributed by atoms with E-state index in [-0.39, 0.29) is 5.69 Å². The van der Waals surface area contributed by atoms with Crippen LogP contribution in [0.15, 0.2) is 18.2 Å². The van der Waals surface area contributed by atoms with Gasteiger partial charge in [0.05, 0.1) is 5.69 Å². The van der Waals surface area contributed by atoms with Crippen molar-refractivity contribution in [3.8, 4) is 12.3 Å². The van der Waals surface area contributed by atoms with Crippen molar-refractivity contribution in [2.45, 2.75) is 12.8 Å². The van der Waals surface area contributed by atoms with Gasteiger partial charge in [-0.1, -0.05) is 0 Å². The Morgan fingerprint density at radius 1 is 1.41 bits per heavy atom. The first-order valence-electron chi connectivity index (χ1n) is 5.07. The first kappa shape index (κ1) is 13.0. The molecular weight excluding hydrogens is 226 g/mol. The summed E-state index contributed by atoms with van der Waals surface area (Å²) in [5, 5.41) is 4.77. The molecule has 0 aliphatic heterocycles. The van der Waals surface area contributed by atoms with Gasteiger partial charge in [-0.3, -0.25) is 0 Å². The lowest BCUT2D eigenvalue weighted by Crippen LogP contribution is -2.29. The lowest BCUT2D eigenvalue weighted by atomic mass is 10.3. The van der Waals surface area contributed by atoms with Crippen molar-refractivity contribution in [2.24, 2.45) is 0 Å². The normalized spacial score (nSPS) is 9.47. The highest BCUT2D eigenvalue weighted by Gasteiger charge is 2.06. The Morgan fingerprint density at radius 3 is 2.82 bits per heavy atom. The molecule has 0 atom stereocenters. The monoisotopic (exact) mass is 238 g/mol. The van der Waals surface area contributed by atoms with Crippen LogP contribution in [0.4, 0.5) is 19.3 Å². The molecule has 0 aliphatic rings. The molecule has 90 valence electrons. The van der Waals surface area contributed by atoms with Gasteiger partial charge in [-0.05, 0) is 18.6 Å². The lowest BCUT2D eigenvalue weighted by Gasteiger charge is -2.07. The Hall–Kier alpha value is -2.09. The number of terminal acetylenes is 1. The summed E-state index contributed by atoms with van der Waals surface area (Å²) >= 11 is 0. The topological polar surface area (TPSA) is 41.1 Å². The summed E-state index contributed by atoms with van der Waals surface area (Å²) in [4.78, 5) is 11.3. The van der Waals surface area contributed by atoms with Crippen LogP contribution in [-0.2, 0) is 0 Å². The third-order valence-corrected chi connectivity index (χ3v) is 1.96. The standard InChI is InChI=1S/C12H12F2N2O/c1-2-3-4-7-15-12(17)16-11-6-5-9(13)8-10(11)14/h1,5-6,8H,3-4,7H2,(H2,15,16,17). The fraction of sp³-hybridized carbons (Fsp3) is 0.250. The molecular formula is C12H12F2N2O. The van der Waals surface area contributed by atoms with Crippen molar-refractivity contribution < 1.29 is 13.6 Å². The van der Waals surface area contributed by atoms with Crippen LogP contribution in [0.3, 0.4) is 0 Å². The average Bonchev–Trinajstić information content (AvgIpc) is 2.28. The van der Waals surface area contributed by atoms with Gasteiger partial charge in [0.1, 0.15) is 11.6 Å². The number of nitrogens with one attached hydrogen (secondary N) is 2. The molecule has 0 radical (unpaired) electrons. The molecule has 2 N–H and O–H groups in total. The number of rotatable bonds is 4. The number of benzene rings is 1. The summed E-state index contributed by atoms with van der Waals surface area (Å²) in [5.74, 6) is 0.925. The van der Waals surface area contributed by atoms with Crippen molar-refractivity contribution in [1.82, 2.24) is 5.32 Å². The van der Waals surface area contributed by atoms with E-state index in [0.29, 0.717) is 25.5 Å². The van der Waals surface area contributed by atoms with E-state index < -0.39 is 17.7 Å². The summed E-state index contributed by atoms with van der Waals surface area (Å²) in [6, 6.07) is 2.38. The van der Waals surface area contributed by atoms with Crippen molar-refractivity contribution in [2.75, 3.05) is 11.9 Å². The summed E-state index contributed by atoms with van der Waals surface area (Å²) in [6.07, 6.45) is 6.25. The zero-order chi connectivity index (χ0) is 12.7. The van der Waals surface area contributed by atoms with Crippen LogP contribution in [0.2, 0.25) is 0 Å². The Bertz CT molecular complexity index is 441. The van der Waals surface area contributed by atoms with E-state index in [9.17, 15) is 13.6 Å². The van der Waals surface area contributed by atoms with Crippen molar-refractivity contribution in [1.29, 1.82) is 0 Å². The van der Waals surface area contributed by atoms with E-state index in [4.69, 9.17) is 6.42 Å². The fourth-order valence-electron chi connectivity index (χ4n) is 1.15. The van der Waals surface area contributed by atoms with Crippen LogP contribution < -0.4 is 10.6 Å². The molecule has 0 spiro atoms. The number of urea groups is 1. The predicted octanol–water partition coefficient (Wildman–Crippen LogP) is 2.50. The second-order valence-electron chi connectivity index (χ2n) is 3.31. The zero-order valence-corrected chi connectivity index (χ0v) is 9.09. The summed E-state index contributed by atoms with van der Waals surface area (Å²) in [7, 11) is 0. The van der Waals surface area contributed by atoms with Crippen molar-refractivity contribution in [3.63, 3.8) is 0 Å². The first-order valence-corrected chi connectivity index (χ1v) is 5.07. The molecule has 0 unspecified atom stereocenters. The van der Waals surface area contributed by atoms with E-state index in [1.165, 1.54) is 0 Å². The van der Waals surface area contributed by atoms with Gasteiger partial charge >= 0.3 is 6.03 Å². The summed E-state index contributed by atoms with van der Waals surface area (Å²) in [5.41, 5.74) is -0.0687. The van der Waals surface area contributed by atoms with Crippen molar-refractivity contribution >= 4 is 11.7 Å². The van der Waals surface area contributed by atoms with E-state index in [0.717, 1.165) is 12.1 Å². The number of halogens is 2. The van der Waals surface area contributed by atoms with Crippen LogP contribution in [0.1, 0.15) is 12.8 Å². The molecule has 3 nitrogen and oxygen atoms in total. The second kappa shape index (κ2) is 6.48. The Morgan fingerprint density at radius 2 is 2.18 bits per heavy atom. The van der Waals surface area contributed by atoms with E-state index in [1.807, 2.05) is 0 Å². The van der Waals surface area contributed by atoms with E-state index in [2.05, 4.69) is 16.6 Å². The molecule has 0 aliphatic carbocycles. The summed E-state index contributed by atoms with van der Waals surface area (Å²) in [6.45, 7) is 0.402. The number of anilines is 1. The molecule has 0 aromatic heterocycles. The molecule has 17 heavy (non-hydrogen) atoms. The van der Waals surface area contributed by atoms with Gasteiger partial charge in [-0.2, -0.15) is 0 Å². The van der Waals surface area contributed by atoms with Crippen LogP contribution in [0, 0.1) is 24.0 Å². The number of unbranched alkanes of at least 4 members (excludes halogenated alkanes) is 1. The smallest absolute Gasteiger partial charge is 0.319 e. The maximum Gasteiger partial charge on any atom is 0.319 e. The highest BCUT2D eigenvalue weighted by atomic mass is 19.1. The Labute approximate surface area is 98.2 Å². The molecule has 1 aromatic rings. The van der Waals surface area contributed by atoms with E-state index >= 15 is 0 Å². The number of carbonyl (C=O) groups excluding carboxylic acids is 1. The quantitative estimate of drug-likeness (QED) is 0.614. The second-order valence-corrected chi connectivity index (χ2v) is 3.31. The molecule has 0 saturated carbocycles. The molecule has 0 fully saturated rings. The molecule has 0 bridgehead atoms. The van der Waals surface area contributed by atoms with Crippen LogP contribution >= 0.6 is 0 Å². The predicted molar refractivity (Wildman–Crippen MR) is 61.4 cm³/mol. The number of carbonyl (C=O) groups is 1. The van der Waals surface area contributed by atoms with Gasteiger partial charge in [0.25, 0.3) is 0 Å². The lowest BCUT2D eigenvalue weighted by molar-refractivity contribution is 0.252. The molecule has 5 heteroatoms. The number of amides is 2.